The van der Waals surface area contributed by atoms with Crippen molar-refractivity contribution in [3.8, 4) is 0 Å². The number of unbranched alkanes of at least 4 members (excludes halogenated alkanes) is 15. The maximum atomic E-state index is 12.1. The van der Waals surface area contributed by atoms with E-state index < -0.39 is 28.9 Å². The molecule has 0 unspecified atom stereocenters. The van der Waals surface area contributed by atoms with Crippen molar-refractivity contribution in [1.29, 1.82) is 0 Å². The molecule has 0 amide bonds. The van der Waals surface area contributed by atoms with Crippen LogP contribution in [0.3, 0.4) is 0 Å². The van der Waals surface area contributed by atoms with Crippen molar-refractivity contribution < 1.29 is 34.4 Å². The lowest BCUT2D eigenvalue weighted by molar-refractivity contribution is -0.166. The molecule has 0 heterocycles. The van der Waals surface area contributed by atoms with Gasteiger partial charge >= 0.3 is 17.9 Å². The second kappa shape index (κ2) is 23.5. The van der Waals surface area contributed by atoms with Crippen LogP contribution in [0.25, 0.3) is 0 Å². The monoisotopic (exact) mass is 700 g/mol. The molecule has 0 saturated heterocycles. The predicted molar refractivity (Wildman–Crippen MR) is 203 cm³/mol. The van der Waals surface area contributed by atoms with Gasteiger partial charge in [0.25, 0.3) is 0 Å². The number of aliphatic carboxylic acids is 3. The van der Waals surface area contributed by atoms with Gasteiger partial charge in [-0.2, -0.15) is 0 Å². The Morgan fingerprint density at radius 1 is 0.431 bits per heavy atom. The fourth-order valence-electron chi connectivity index (χ4n) is 7.17. The highest BCUT2D eigenvalue weighted by Gasteiger charge is 2.45. The van der Waals surface area contributed by atoms with Crippen molar-refractivity contribution >= 4 is 17.9 Å². The summed E-state index contributed by atoms with van der Waals surface area (Å²) in [4.78, 5) is 34.8. The van der Waals surface area contributed by atoms with Crippen molar-refractivity contribution in [3.05, 3.63) is 108 Å². The van der Waals surface area contributed by atoms with Crippen LogP contribution in [0.15, 0.2) is 91.0 Å². The molecule has 3 aromatic carbocycles. The Morgan fingerprint density at radius 2 is 0.745 bits per heavy atom. The molecule has 0 bridgehead atoms. The molecule has 0 aromatic heterocycles. The van der Waals surface area contributed by atoms with Gasteiger partial charge in [-0.25, -0.2) is 0 Å². The Kier molecular flexibility index (Phi) is 19.1. The van der Waals surface area contributed by atoms with Gasteiger partial charge in [0.2, 0.25) is 0 Å². The van der Waals surface area contributed by atoms with Gasteiger partial charge in [-0.05, 0) is 42.4 Å². The van der Waals surface area contributed by atoms with Crippen molar-refractivity contribution in [2.45, 2.75) is 134 Å². The molecule has 0 spiro atoms. The Morgan fingerprint density at radius 3 is 1.08 bits per heavy atom. The summed E-state index contributed by atoms with van der Waals surface area (Å²) < 4.78 is 6.89. The van der Waals surface area contributed by atoms with Crippen LogP contribution in [-0.4, -0.2) is 39.8 Å². The predicted octanol–water partition coefficient (Wildman–Crippen LogP) is 11.0. The van der Waals surface area contributed by atoms with Crippen LogP contribution in [-0.2, 0) is 24.7 Å². The summed E-state index contributed by atoms with van der Waals surface area (Å²) in [6.07, 6.45) is 16.5. The smallest absolute Gasteiger partial charge is 0.321 e. The highest BCUT2D eigenvalue weighted by Crippen LogP contribution is 2.40. The fourth-order valence-corrected chi connectivity index (χ4v) is 7.17. The highest BCUT2D eigenvalue weighted by atomic mass is 16.5. The van der Waals surface area contributed by atoms with E-state index in [0.717, 1.165) is 107 Å². The fraction of sp³-hybridized carbons (Fsp3) is 0.523. The zero-order chi connectivity index (χ0) is 36.6. The summed E-state index contributed by atoms with van der Waals surface area (Å²) in [6.45, 7) is 0.643. The minimum atomic E-state index is -1.70. The van der Waals surface area contributed by atoms with Crippen LogP contribution in [0.4, 0.5) is 0 Å². The molecule has 0 aliphatic heterocycles. The van der Waals surface area contributed by atoms with Gasteiger partial charge in [0.1, 0.15) is 5.60 Å². The number of hydrogen-bond acceptors (Lipinski definition) is 4. The molecular weight excluding hydrogens is 640 g/mol. The van der Waals surface area contributed by atoms with E-state index >= 15 is 0 Å². The van der Waals surface area contributed by atoms with E-state index in [-0.39, 0.29) is 19.3 Å². The summed E-state index contributed by atoms with van der Waals surface area (Å²) in [5, 5.41) is 28.5. The van der Waals surface area contributed by atoms with Gasteiger partial charge in [-0.1, -0.05) is 187 Å². The standard InChI is InChI=1S/C44H60O7/c45-40(46)33-23-10-6-2-4-8-12-25-35-43(41(47)48,42(49)50)34-24-11-7-3-1-5-9-13-26-36-51-44(37-27-17-14-18-28-37,38-29-19-15-20-30-38)39-31-21-16-22-32-39/h14-22,27-32H,1-13,23-26,33-36H2,(H,45,46)(H,47,48)(H,49,50). The van der Waals surface area contributed by atoms with Gasteiger partial charge in [0.05, 0.1) is 0 Å². The second-order valence-electron chi connectivity index (χ2n) is 14.0. The van der Waals surface area contributed by atoms with Crippen LogP contribution < -0.4 is 0 Å². The zero-order valence-electron chi connectivity index (χ0n) is 30.5. The number of benzene rings is 3. The van der Waals surface area contributed by atoms with Gasteiger partial charge in [-0.15, -0.1) is 0 Å². The third-order valence-electron chi connectivity index (χ3n) is 10.2. The van der Waals surface area contributed by atoms with Crippen molar-refractivity contribution in [2.24, 2.45) is 5.41 Å². The van der Waals surface area contributed by atoms with Crippen molar-refractivity contribution in [1.82, 2.24) is 0 Å². The van der Waals surface area contributed by atoms with E-state index in [4.69, 9.17) is 9.84 Å². The Labute approximate surface area is 305 Å². The van der Waals surface area contributed by atoms with E-state index in [2.05, 4.69) is 72.8 Å². The molecule has 7 heteroatoms. The lowest BCUT2D eigenvalue weighted by Crippen LogP contribution is -2.39. The third-order valence-corrected chi connectivity index (χ3v) is 10.2. The van der Waals surface area contributed by atoms with Crippen LogP contribution >= 0.6 is 0 Å². The maximum Gasteiger partial charge on any atom is 0.321 e. The van der Waals surface area contributed by atoms with Crippen molar-refractivity contribution in [2.75, 3.05) is 6.61 Å². The molecular formula is C44H60O7. The molecule has 3 aromatic rings. The summed E-state index contributed by atoms with van der Waals surface area (Å²) in [7, 11) is 0. The Hall–Kier alpha value is -3.97. The molecule has 278 valence electrons. The largest absolute Gasteiger partial charge is 0.481 e. The van der Waals surface area contributed by atoms with Gasteiger partial charge in [0.15, 0.2) is 5.41 Å². The molecule has 0 fully saturated rings. The van der Waals surface area contributed by atoms with E-state index in [0.29, 0.717) is 25.9 Å². The van der Waals surface area contributed by atoms with E-state index in [1.165, 1.54) is 0 Å². The summed E-state index contributed by atoms with van der Waals surface area (Å²) in [5.41, 5.74) is 0.954. The van der Waals surface area contributed by atoms with E-state index in [1.54, 1.807) is 0 Å². The summed E-state index contributed by atoms with van der Waals surface area (Å²) in [6, 6.07) is 31.4. The zero-order valence-corrected chi connectivity index (χ0v) is 30.5. The van der Waals surface area contributed by atoms with Gasteiger partial charge in [-0.3, -0.25) is 14.4 Å². The van der Waals surface area contributed by atoms with Crippen LogP contribution in [0.5, 0.6) is 0 Å². The SMILES string of the molecule is O=C(O)CCCCCCCCCCC(CCCCCCCCCCCOC(c1ccccc1)(c1ccccc1)c1ccccc1)(C(=O)O)C(=O)O. The molecule has 0 radical (unpaired) electrons. The van der Waals surface area contributed by atoms with E-state index in [1.807, 2.05) is 18.2 Å². The first kappa shape index (κ1) is 41.5. The average molecular weight is 701 g/mol. The minimum absolute atomic E-state index is 0.170. The molecule has 3 N–H and O–H groups in total. The quantitative estimate of drug-likeness (QED) is 0.0374. The number of hydrogen-bond donors (Lipinski definition) is 3. The first-order valence-electron chi connectivity index (χ1n) is 19.3. The van der Waals surface area contributed by atoms with Gasteiger partial charge < -0.3 is 20.1 Å². The number of carboxylic acid groups (broad SMARTS) is 3. The molecule has 0 aliphatic rings. The number of carbonyl (C=O) groups is 3. The summed E-state index contributed by atoms with van der Waals surface area (Å²) >= 11 is 0. The normalized spacial score (nSPS) is 11.8. The molecule has 0 aliphatic carbocycles. The first-order valence-corrected chi connectivity index (χ1v) is 19.3. The molecule has 7 nitrogen and oxygen atoms in total. The van der Waals surface area contributed by atoms with Crippen LogP contribution in [0.2, 0.25) is 0 Å². The number of rotatable bonds is 29. The number of carboxylic acids is 3. The first-order chi connectivity index (χ1) is 24.8. The summed E-state index contributed by atoms with van der Waals surface area (Å²) in [5.74, 6) is -3.19. The molecule has 0 saturated carbocycles. The maximum absolute atomic E-state index is 12.1. The topological polar surface area (TPSA) is 121 Å². The molecule has 3 rings (SSSR count). The van der Waals surface area contributed by atoms with E-state index in [9.17, 15) is 24.6 Å². The minimum Gasteiger partial charge on any atom is -0.481 e. The van der Waals surface area contributed by atoms with Crippen LogP contribution in [0, 0.1) is 5.41 Å². The highest BCUT2D eigenvalue weighted by molar-refractivity contribution is 5.98. The average Bonchev–Trinajstić information content (AvgIpc) is 3.14. The molecule has 51 heavy (non-hydrogen) atoms. The number of ether oxygens (including phenoxy) is 1. The van der Waals surface area contributed by atoms with Crippen molar-refractivity contribution in [3.63, 3.8) is 0 Å². The Bertz CT molecular complexity index is 1280. The second-order valence-corrected chi connectivity index (χ2v) is 14.0. The third kappa shape index (κ3) is 13.6. The lowest BCUT2D eigenvalue weighted by atomic mass is 9.78. The van der Waals surface area contributed by atoms with Crippen LogP contribution in [0.1, 0.15) is 145 Å². The lowest BCUT2D eigenvalue weighted by Gasteiger charge is -2.36. The molecule has 0 atom stereocenters. The van der Waals surface area contributed by atoms with Gasteiger partial charge in [0, 0.05) is 13.0 Å². The Balaban J connectivity index is 1.33.